The van der Waals surface area contributed by atoms with Crippen molar-refractivity contribution in [3.05, 3.63) is 0 Å². The zero-order valence-corrected chi connectivity index (χ0v) is 11.6. The molecule has 0 aromatic heterocycles. The van der Waals surface area contributed by atoms with Gasteiger partial charge in [-0.3, -0.25) is 4.79 Å². The highest BCUT2D eigenvalue weighted by Gasteiger charge is 2.22. The molecular formula is C12H23N3O4. The molecule has 7 nitrogen and oxygen atoms in total. The first-order chi connectivity index (χ1) is 9.02. The molecule has 0 aromatic carbocycles. The number of hydrogen-bond donors (Lipinski definition) is 2. The summed E-state index contributed by atoms with van der Waals surface area (Å²) in [5.41, 5.74) is 0. The van der Waals surface area contributed by atoms with Gasteiger partial charge >= 0.3 is 12.0 Å². The molecule has 0 unspecified atom stereocenters. The molecule has 0 radical (unpaired) electrons. The van der Waals surface area contributed by atoms with Gasteiger partial charge in [-0.1, -0.05) is 0 Å². The first-order valence-electron chi connectivity index (χ1n) is 6.47. The van der Waals surface area contributed by atoms with E-state index in [0.717, 1.165) is 25.9 Å². The zero-order valence-electron chi connectivity index (χ0n) is 11.6. The van der Waals surface area contributed by atoms with E-state index in [4.69, 9.17) is 9.84 Å². The number of hydrogen-bond acceptors (Lipinski definition) is 4. The second kappa shape index (κ2) is 7.96. The lowest BCUT2D eigenvalue weighted by molar-refractivity contribution is -0.137. The third-order valence-electron chi connectivity index (χ3n) is 3.22. The summed E-state index contributed by atoms with van der Waals surface area (Å²) < 4.78 is 4.89. The molecular weight excluding hydrogens is 250 g/mol. The summed E-state index contributed by atoms with van der Waals surface area (Å²) in [7, 11) is 3.57. The van der Waals surface area contributed by atoms with Crippen molar-refractivity contribution in [2.75, 3.05) is 46.9 Å². The molecule has 2 N–H and O–H groups in total. The molecule has 0 aliphatic carbocycles. The van der Waals surface area contributed by atoms with Crippen LogP contribution in [0.15, 0.2) is 0 Å². The highest BCUT2D eigenvalue weighted by Crippen LogP contribution is 2.08. The Kier molecular flexibility index (Phi) is 6.58. The maximum atomic E-state index is 12.0. The van der Waals surface area contributed by atoms with Crippen molar-refractivity contribution in [2.24, 2.45) is 0 Å². The van der Waals surface area contributed by atoms with Crippen LogP contribution in [0, 0.1) is 0 Å². The highest BCUT2D eigenvalue weighted by atomic mass is 16.5. The summed E-state index contributed by atoms with van der Waals surface area (Å²) in [6.45, 7) is 2.20. The van der Waals surface area contributed by atoms with E-state index < -0.39 is 5.97 Å². The lowest BCUT2D eigenvalue weighted by Gasteiger charge is -2.31. The summed E-state index contributed by atoms with van der Waals surface area (Å²) in [6, 6.07) is -0.198. The van der Waals surface area contributed by atoms with Gasteiger partial charge in [-0.2, -0.15) is 0 Å². The van der Waals surface area contributed by atoms with Crippen molar-refractivity contribution in [3.63, 3.8) is 0 Å². The Bertz CT molecular complexity index is 303. The van der Waals surface area contributed by atoms with Crippen LogP contribution in [0.4, 0.5) is 4.79 Å². The minimum absolute atomic E-state index is 0.127. The molecule has 110 valence electrons. The van der Waals surface area contributed by atoms with E-state index in [0.29, 0.717) is 6.61 Å². The van der Waals surface area contributed by atoms with Crippen LogP contribution < -0.4 is 5.32 Å². The molecule has 1 aliphatic heterocycles. The summed E-state index contributed by atoms with van der Waals surface area (Å²) in [5, 5.41) is 11.7. The molecule has 19 heavy (non-hydrogen) atoms. The number of ether oxygens (including phenoxy) is 1. The minimum Gasteiger partial charge on any atom is -0.480 e. The lowest BCUT2D eigenvalue weighted by Crippen LogP contribution is -2.50. The number of carbonyl (C=O) groups is 2. The van der Waals surface area contributed by atoms with Gasteiger partial charge in [0.05, 0.1) is 6.61 Å². The number of methoxy groups -OCH3 is 1. The van der Waals surface area contributed by atoms with E-state index >= 15 is 0 Å². The number of nitrogens with zero attached hydrogens (tertiary/aromatic N) is 2. The Balaban J connectivity index is 2.43. The first kappa shape index (κ1) is 15.7. The average Bonchev–Trinajstić information content (AvgIpc) is 2.36. The fourth-order valence-electron chi connectivity index (χ4n) is 2.04. The molecule has 1 heterocycles. The van der Waals surface area contributed by atoms with Gasteiger partial charge in [0.1, 0.15) is 6.54 Å². The van der Waals surface area contributed by atoms with Crippen molar-refractivity contribution >= 4 is 12.0 Å². The first-order valence-corrected chi connectivity index (χ1v) is 6.47. The molecule has 2 amide bonds. The maximum Gasteiger partial charge on any atom is 0.323 e. The van der Waals surface area contributed by atoms with E-state index in [1.54, 1.807) is 0 Å². The summed E-state index contributed by atoms with van der Waals surface area (Å²) >= 11 is 0. The SMILES string of the molecule is COCCN(CC(=O)O)C(=O)NC1CCN(C)CC1. The second-order valence-corrected chi connectivity index (χ2v) is 4.84. The topological polar surface area (TPSA) is 82.1 Å². The molecule has 0 spiro atoms. The number of nitrogens with one attached hydrogen (secondary N) is 1. The quantitative estimate of drug-likeness (QED) is 0.702. The van der Waals surface area contributed by atoms with E-state index in [-0.39, 0.29) is 25.2 Å². The Morgan fingerprint density at radius 2 is 2.05 bits per heavy atom. The van der Waals surface area contributed by atoms with Gasteiger partial charge in [0, 0.05) is 19.7 Å². The summed E-state index contributed by atoms with van der Waals surface area (Å²) in [6.07, 6.45) is 1.79. The monoisotopic (exact) mass is 273 g/mol. The molecule has 0 bridgehead atoms. The summed E-state index contributed by atoms with van der Waals surface area (Å²) in [4.78, 5) is 26.2. The number of amides is 2. The Hall–Kier alpha value is -1.34. The van der Waals surface area contributed by atoms with Crippen molar-refractivity contribution < 1.29 is 19.4 Å². The smallest absolute Gasteiger partial charge is 0.323 e. The Morgan fingerprint density at radius 3 is 2.58 bits per heavy atom. The van der Waals surface area contributed by atoms with Gasteiger partial charge < -0.3 is 25.0 Å². The summed E-state index contributed by atoms with van der Waals surface area (Å²) in [5.74, 6) is -1.02. The van der Waals surface area contributed by atoms with E-state index in [1.807, 2.05) is 7.05 Å². The van der Waals surface area contributed by atoms with Crippen LogP contribution in [0.3, 0.4) is 0 Å². The van der Waals surface area contributed by atoms with Crippen LogP contribution in [0.1, 0.15) is 12.8 Å². The zero-order chi connectivity index (χ0) is 14.3. The number of carboxylic acid groups (broad SMARTS) is 1. The van der Waals surface area contributed by atoms with Crippen LogP contribution in [0.5, 0.6) is 0 Å². The van der Waals surface area contributed by atoms with Crippen LogP contribution >= 0.6 is 0 Å². The van der Waals surface area contributed by atoms with Gasteiger partial charge in [0.15, 0.2) is 0 Å². The third kappa shape index (κ3) is 5.89. The molecule has 0 atom stereocenters. The van der Waals surface area contributed by atoms with Crippen LogP contribution in [0.25, 0.3) is 0 Å². The molecule has 1 saturated heterocycles. The normalized spacial score (nSPS) is 17.2. The van der Waals surface area contributed by atoms with Crippen molar-refractivity contribution in [2.45, 2.75) is 18.9 Å². The number of aliphatic carboxylic acids is 1. The molecule has 0 saturated carbocycles. The molecule has 0 aromatic rings. The van der Waals surface area contributed by atoms with Crippen LogP contribution in [-0.4, -0.2) is 79.9 Å². The second-order valence-electron chi connectivity index (χ2n) is 4.84. The van der Waals surface area contributed by atoms with Crippen molar-refractivity contribution in [1.82, 2.24) is 15.1 Å². The fourth-order valence-corrected chi connectivity index (χ4v) is 2.04. The predicted octanol–water partition coefficient (Wildman–Crippen LogP) is -0.177. The van der Waals surface area contributed by atoms with E-state index in [9.17, 15) is 9.59 Å². The van der Waals surface area contributed by atoms with Gasteiger partial charge in [-0.15, -0.1) is 0 Å². The van der Waals surface area contributed by atoms with Gasteiger partial charge in [-0.25, -0.2) is 4.79 Å². The number of likely N-dealkylation sites (tertiary alicyclic amines) is 1. The molecule has 1 rings (SSSR count). The average molecular weight is 273 g/mol. The Labute approximate surface area is 113 Å². The Morgan fingerprint density at radius 1 is 1.42 bits per heavy atom. The number of urea groups is 1. The van der Waals surface area contributed by atoms with Crippen LogP contribution in [-0.2, 0) is 9.53 Å². The molecule has 7 heteroatoms. The number of piperidine rings is 1. The highest BCUT2D eigenvalue weighted by molar-refractivity contribution is 5.80. The van der Waals surface area contributed by atoms with Gasteiger partial charge in [0.2, 0.25) is 0 Å². The predicted molar refractivity (Wildman–Crippen MR) is 70.1 cm³/mol. The minimum atomic E-state index is -1.02. The van der Waals surface area contributed by atoms with Crippen LogP contribution in [0.2, 0.25) is 0 Å². The molecule has 1 fully saturated rings. The van der Waals surface area contributed by atoms with Gasteiger partial charge in [0.25, 0.3) is 0 Å². The third-order valence-corrected chi connectivity index (χ3v) is 3.22. The number of carbonyl (C=O) groups excluding carboxylic acids is 1. The van der Waals surface area contributed by atoms with Gasteiger partial charge in [-0.05, 0) is 33.0 Å². The van der Waals surface area contributed by atoms with E-state index in [1.165, 1.54) is 12.0 Å². The number of carboxylic acids is 1. The maximum absolute atomic E-state index is 12.0. The van der Waals surface area contributed by atoms with Crippen molar-refractivity contribution in [1.29, 1.82) is 0 Å². The lowest BCUT2D eigenvalue weighted by atomic mass is 10.1. The van der Waals surface area contributed by atoms with E-state index in [2.05, 4.69) is 10.2 Å². The standard InChI is InChI=1S/C12H23N3O4/c1-14-5-3-10(4-6-14)13-12(18)15(7-8-19-2)9-11(16)17/h10H,3-9H2,1-2H3,(H,13,18)(H,16,17). The molecule has 1 aliphatic rings. The van der Waals surface area contributed by atoms with Crippen molar-refractivity contribution in [3.8, 4) is 0 Å². The fraction of sp³-hybridized carbons (Fsp3) is 0.833. The largest absolute Gasteiger partial charge is 0.480 e. The number of rotatable bonds is 6.